The molecule has 0 aliphatic rings. The summed E-state index contributed by atoms with van der Waals surface area (Å²) in [5.41, 5.74) is 5.07. The second-order valence-electron chi connectivity index (χ2n) is 9.98. The van der Waals surface area contributed by atoms with Crippen LogP contribution in [-0.4, -0.2) is 28.1 Å². The van der Waals surface area contributed by atoms with Crippen LogP contribution < -0.4 is 5.30 Å². The van der Waals surface area contributed by atoms with Gasteiger partial charge in [-0.1, -0.05) is 38.1 Å². The Balaban J connectivity index is 1.93. The molecule has 0 saturated heterocycles. The summed E-state index contributed by atoms with van der Waals surface area (Å²) in [7, 11) is -2.40. The second-order valence-corrected chi connectivity index (χ2v) is 13.2. The summed E-state index contributed by atoms with van der Waals surface area (Å²) >= 11 is 0. The smallest absolute Gasteiger partial charge is 0.123 e. The van der Waals surface area contributed by atoms with Gasteiger partial charge in [0, 0.05) is 44.9 Å². The Hall–Kier alpha value is -3.68. The Morgan fingerprint density at radius 1 is 1.09 bits per heavy atom. The van der Waals surface area contributed by atoms with Crippen molar-refractivity contribution in [2.45, 2.75) is 25.7 Å². The molecule has 1 N–H and O–H groups in total. The molecule has 0 aliphatic heterocycles. The number of fused-ring (bicyclic) bond motifs is 2. The van der Waals surface area contributed by atoms with Crippen LogP contribution in [0.2, 0.25) is 0 Å². The van der Waals surface area contributed by atoms with Crippen molar-refractivity contribution in [2.24, 2.45) is 0 Å². The van der Waals surface area contributed by atoms with Gasteiger partial charge in [-0.2, -0.15) is 10.4 Å². The maximum atomic E-state index is 13.9. The zero-order valence-electron chi connectivity index (χ0n) is 20.1. The first-order chi connectivity index (χ1) is 16.6. The lowest BCUT2D eigenvalue weighted by atomic mass is 9.82. The van der Waals surface area contributed by atoms with E-state index in [0.717, 1.165) is 49.6 Å². The van der Waals surface area contributed by atoms with E-state index in [1.165, 1.54) is 12.1 Å². The Morgan fingerprint density at radius 2 is 1.77 bits per heavy atom. The lowest BCUT2D eigenvalue weighted by molar-refractivity contribution is 0.516. The Kier molecular flexibility index (Phi) is 5.42. The van der Waals surface area contributed by atoms with E-state index in [1.54, 1.807) is 31.7 Å². The summed E-state index contributed by atoms with van der Waals surface area (Å²) in [6.45, 7) is 7.64. The standard InChI is InChI=1S/C28H26FN4OP/c1-28(2,13-14-30)27-26(18-5-11-22(12-6-18)35(3,4)34)23-16-24-19(17-31-32-24)15-25(23)33(27)21-9-7-20(29)8-10-21/h5-12,15-17H,13H2,1-4H3,(H,31,32). The number of rotatable bonds is 5. The van der Waals surface area contributed by atoms with E-state index in [9.17, 15) is 14.2 Å². The predicted octanol–water partition coefficient (Wildman–Crippen LogP) is 6.75. The zero-order chi connectivity index (χ0) is 25.0. The fourth-order valence-electron chi connectivity index (χ4n) is 4.78. The summed E-state index contributed by atoms with van der Waals surface area (Å²) in [6.07, 6.45) is 2.08. The molecule has 0 fully saturated rings. The van der Waals surface area contributed by atoms with Gasteiger partial charge >= 0.3 is 0 Å². The predicted molar refractivity (Wildman–Crippen MR) is 141 cm³/mol. The Labute approximate surface area is 203 Å². The van der Waals surface area contributed by atoms with Crippen LogP contribution in [0.3, 0.4) is 0 Å². The number of aromatic nitrogens is 3. The molecule has 0 atom stereocenters. The van der Waals surface area contributed by atoms with Gasteiger partial charge in [0.15, 0.2) is 0 Å². The number of hydrogen-bond donors (Lipinski definition) is 1. The number of aromatic amines is 1. The molecule has 5 nitrogen and oxygen atoms in total. The fraction of sp³-hybridized carbons (Fsp3) is 0.214. The van der Waals surface area contributed by atoms with E-state index in [2.05, 4.69) is 46.8 Å². The van der Waals surface area contributed by atoms with E-state index in [0.29, 0.717) is 6.42 Å². The highest BCUT2D eigenvalue weighted by Crippen LogP contribution is 2.45. The molecule has 2 aromatic heterocycles. The van der Waals surface area contributed by atoms with Crippen LogP contribution in [-0.2, 0) is 9.98 Å². The minimum absolute atomic E-state index is 0.300. The van der Waals surface area contributed by atoms with Gasteiger partial charge < -0.3 is 9.13 Å². The molecular weight excluding hydrogens is 458 g/mol. The van der Waals surface area contributed by atoms with Crippen molar-refractivity contribution in [1.82, 2.24) is 14.8 Å². The highest BCUT2D eigenvalue weighted by atomic mass is 31.2. The number of nitrogens with one attached hydrogen (secondary N) is 1. The van der Waals surface area contributed by atoms with Crippen LogP contribution in [0.1, 0.15) is 26.0 Å². The summed E-state index contributed by atoms with van der Waals surface area (Å²) < 4.78 is 28.6. The summed E-state index contributed by atoms with van der Waals surface area (Å²) in [5.74, 6) is -0.306. The van der Waals surface area contributed by atoms with Crippen molar-refractivity contribution >= 4 is 34.3 Å². The molecule has 0 bridgehead atoms. The first-order valence-corrected chi connectivity index (χ1v) is 14.0. The lowest BCUT2D eigenvalue weighted by Gasteiger charge is -2.26. The highest BCUT2D eigenvalue weighted by molar-refractivity contribution is 7.70. The molecule has 0 aliphatic carbocycles. The summed E-state index contributed by atoms with van der Waals surface area (Å²) in [6, 6.07) is 20.8. The minimum atomic E-state index is -2.40. The first-order valence-electron chi connectivity index (χ1n) is 11.4. The van der Waals surface area contributed by atoms with Crippen LogP contribution >= 0.6 is 7.14 Å². The quantitative estimate of drug-likeness (QED) is 0.280. The number of nitrogens with zero attached hydrogens (tertiary/aromatic N) is 3. The minimum Gasteiger partial charge on any atom is -0.319 e. The molecule has 35 heavy (non-hydrogen) atoms. The summed E-state index contributed by atoms with van der Waals surface area (Å²) in [5, 5.41) is 19.7. The maximum Gasteiger partial charge on any atom is 0.123 e. The molecular formula is C28H26FN4OP. The molecule has 0 saturated carbocycles. The van der Waals surface area contributed by atoms with Gasteiger partial charge in [0.05, 0.1) is 23.3 Å². The van der Waals surface area contributed by atoms with Crippen molar-refractivity contribution in [3.05, 3.63) is 78.4 Å². The molecule has 5 rings (SSSR count). The van der Waals surface area contributed by atoms with Crippen molar-refractivity contribution in [3.63, 3.8) is 0 Å². The topological polar surface area (TPSA) is 74.5 Å². The monoisotopic (exact) mass is 484 g/mol. The van der Waals surface area contributed by atoms with E-state index in [1.807, 2.05) is 24.3 Å². The molecule has 176 valence electrons. The average molecular weight is 485 g/mol. The summed E-state index contributed by atoms with van der Waals surface area (Å²) in [4.78, 5) is 0. The lowest BCUT2D eigenvalue weighted by Crippen LogP contribution is -2.21. The van der Waals surface area contributed by atoms with E-state index >= 15 is 0 Å². The third-order valence-corrected chi connectivity index (χ3v) is 8.09. The van der Waals surface area contributed by atoms with Gasteiger partial charge in [-0.3, -0.25) is 5.10 Å². The molecule has 0 spiro atoms. The van der Waals surface area contributed by atoms with Crippen LogP contribution in [0, 0.1) is 17.1 Å². The highest BCUT2D eigenvalue weighted by Gasteiger charge is 2.32. The molecule has 2 heterocycles. The van der Waals surface area contributed by atoms with Crippen molar-refractivity contribution in [2.75, 3.05) is 13.3 Å². The van der Waals surface area contributed by atoms with Gasteiger partial charge in [-0.15, -0.1) is 0 Å². The molecule has 5 aromatic rings. The van der Waals surface area contributed by atoms with Crippen LogP contribution in [0.15, 0.2) is 66.9 Å². The SMILES string of the molecule is CC(C)(CC#N)c1c(-c2ccc(P(C)(C)=O)cc2)c2cc3[nH]ncc3cc2n1-c1ccc(F)cc1. The molecule has 7 heteroatoms. The average Bonchev–Trinajstić information content (AvgIpc) is 3.40. The van der Waals surface area contributed by atoms with Gasteiger partial charge in [0.25, 0.3) is 0 Å². The van der Waals surface area contributed by atoms with E-state index in [4.69, 9.17) is 0 Å². The largest absolute Gasteiger partial charge is 0.319 e. The van der Waals surface area contributed by atoms with Gasteiger partial charge in [0.2, 0.25) is 0 Å². The van der Waals surface area contributed by atoms with Crippen molar-refractivity contribution < 1.29 is 8.96 Å². The molecule has 0 amide bonds. The maximum absolute atomic E-state index is 13.9. The molecule has 0 unspecified atom stereocenters. The Morgan fingerprint density at radius 3 is 2.40 bits per heavy atom. The number of hydrogen-bond acceptors (Lipinski definition) is 3. The number of nitriles is 1. The zero-order valence-corrected chi connectivity index (χ0v) is 21.0. The third-order valence-electron chi connectivity index (χ3n) is 6.55. The van der Waals surface area contributed by atoms with Crippen LogP contribution in [0.25, 0.3) is 38.6 Å². The molecule has 3 aromatic carbocycles. The number of halogens is 1. The van der Waals surface area contributed by atoms with Crippen molar-refractivity contribution in [3.8, 4) is 22.9 Å². The third kappa shape index (κ3) is 3.96. The second kappa shape index (κ2) is 8.22. The van der Waals surface area contributed by atoms with Crippen molar-refractivity contribution in [1.29, 1.82) is 5.26 Å². The first kappa shape index (κ1) is 23.1. The van der Waals surface area contributed by atoms with Crippen LogP contribution in [0.5, 0.6) is 0 Å². The fourth-order valence-corrected chi connectivity index (χ4v) is 5.65. The number of H-pyrrole nitrogens is 1. The van der Waals surface area contributed by atoms with Gasteiger partial charge in [0.1, 0.15) is 13.0 Å². The molecule has 0 radical (unpaired) electrons. The normalized spacial score (nSPS) is 12.3. The van der Waals surface area contributed by atoms with E-state index < -0.39 is 12.6 Å². The van der Waals surface area contributed by atoms with Gasteiger partial charge in [-0.25, -0.2) is 4.39 Å². The Bertz CT molecular complexity index is 1650. The van der Waals surface area contributed by atoms with Crippen LogP contribution in [0.4, 0.5) is 4.39 Å². The van der Waals surface area contributed by atoms with E-state index in [-0.39, 0.29) is 5.82 Å². The number of benzene rings is 3. The van der Waals surface area contributed by atoms with Gasteiger partial charge in [-0.05, 0) is 55.3 Å².